The van der Waals surface area contributed by atoms with Crippen LogP contribution < -0.4 is 5.73 Å². The lowest BCUT2D eigenvalue weighted by Crippen LogP contribution is -2.34. The van der Waals surface area contributed by atoms with Crippen LogP contribution in [0.1, 0.15) is 37.4 Å². The molecule has 1 fully saturated rings. The van der Waals surface area contributed by atoms with Crippen LogP contribution in [-0.4, -0.2) is 24.8 Å². The predicted octanol–water partition coefficient (Wildman–Crippen LogP) is 1.57. The monoisotopic (exact) mass is 328 g/mol. The topological polar surface area (TPSA) is 126 Å². The van der Waals surface area contributed by atoms with Gasteiger partial charge in [0.1, 0.15) is 12.4 Å². The van der Waals surface area contributed by atoms with Gasteiger partial charge >= 0.3 is 5.69 Å². The number of aryl methyl sites for hydroxylation is 2. The summed E-state index contributed by atoms with van der Waals surface area (Å²) in [4.78, 5) is 14.4. The molecule has 0 spiro atoms. The van der Waals surface area contributed by atoms with E-state index in [0.29, 0.717) is 24.7 Å². The van der Waals surface area contributed by atoms with Gasteiger partial charge in [-0.2, -0.15) is 10.1 Å². The van der Waals surface area contributed by atoms with E-state index in [2.05, 4.69) is 15.2 Å². The third kappa shape index (κ3) is 3.25. The van der Waals surface area contributed by atoms with Crippen molar-refractivity contribution >= 4 is 18.1 Å². The Morgan fingerprint density at radius 3 is 2.82 bits per heavy atom. The zero-order valence-electron chi connectivity index (χ0n) is 11.8. The summed E-state index contributed by atoms with van der Waals surface area (Å²) in [5, 5.41) is 18.4. The van der Waals surface area contributed by atoms with Crippen molar-refractivity contribution in [3.05, 3.63) is 34.2 Å². The van der Waals surface area contributed by atoms with Crippen LogP contribution >= 0.6 is 12.4 Å². The van der Waals surface area contributed by atoms with Crippen LogP contribution in [0.2, 0.25) is 0 Å². The van der Waals surface area contributed by atoms with Crippen LogP contribution in [0.3, 0.4) is 0 Å². The average Bonchev–Trinajstić information content (AvgIpc) is 3.17. The third-order valence-electron chi connectivity index (χ3n) is 3.79. The lowest BCUT2D eigenvalue weighted by Gasteiger charge is -2.17. The first-order valence-corrected chi connectivity index (χ1v) is 6.86. The van der Waals surface area contributed by atoms with Crippen LogP contribution in [0.5, 0.6) is 0 Å². The van der Waals surface area contributed by atoms with E-state index >= 15 is 0 Å². The summed E-state index contributed by atoms with van der Waals surface area (Å²) < 4.78 is 6.68. The number of aromatic nitrogens is 4. The van der Waals surface area contributed by atoms with Gasteiger partial charge in [-0.1, -0.05) is 18.0 Å². The molecule has 0 atom stereocenters. The van der Waals surface area contributed by atoms with Crippen LogP contribution in [0.15, 0.2) is 16.9 Å². The molecule has 0 aromatic carbocycles. The fourth-order valence-corrected chi connectivity index (χ4v) is 2.57. The highest BCUT2D eigenvalue weighted by molar-refractivity contribution is 5.85. The van der Waals surface area contributed by atoms with Crippen molar-refractivity contribution < 1.29 is 9.45 Å². The highest BCUT2D eigenvalue weighted by atomic mass is 35.5. The van der Waals surface area contributed by atoms with E-state index in [4.69, 9.17) is 10.3 Å². The molecule has 0 bridgehead atoms. The van der Waals surface area contributed by atoms with Crippen molar-refractivity contribution in [2.75, 3.05) is 0 Å². The minimum atomic E-state index is -0.480. The molecule has 22 heavy (non-hydrogen) atoms. The SMILES string of the molecule is Cl.NC1(c2noc(CCn3cc([N+](=O)[O-])cn3)n2)CCCC1. The first kappa shape index (κ1) is 16.4. The second-order valence-electron chi connectivity index (χ2n) is 5.34. The average molecular weight is 329 g/mol. The Balaban J connectivity index is 0.00000176. The van der Waals surface area contributed by atoms with Crippen molar-refractivity contribution in [2.45, 2.75) is 44.2 Å². The Morgan fingerprint density at radius 2 is 2.18 bits per heavy atom. The number of nitrogens with zero attached hydrogens (tertiary/aromatic N) is 5. The highest BCUT2D eigenvalue weighted by Gasteiger charge is 2.35. The molecule has 0 amide bonds. The molecule has 0 unspecified atom stereocenters. The predicted molar refractivity (Wildman–Crippen MR) is 78.5 cm³/mol. The molecule has 1 aliphatic carbocycles. The number of halogens is 1. The molecule has 2 heterocycles. The van der Waals surface area contributed by atoms with E-state index < -0.39 is 10.5 Å². The van der Waals surface area contributed by atoms with E-state index in [0.717, 1.165) is 25.7 Å². The molecule has 1 aliphatic rings. The van der Waals surface area contributed by atoms with Gasteiger partial charge in [0.2, 0.25) is 5.89 Å². The molecule has 0 radical (unpaired) electrons. The van der Waals surface area contributed by atoms with E-state index in [9.17, 15) is 10.1 Å². The van der Waals surface area contributed by atoms with Gasteiger partial charge in [0.05, 0.1) is 10.5 Å². The summed E-state index contributed by atoms with van der Waals surface area (Å²) in [6, 6.07) is 0. The van der Waals surface area contributed by atoms with Crippen molar-refractivity contribution in [2.24, 2.45) is 5.73 Å². The fraction of sp³-hybridized carbons (Fsp3) is 0.583. The van der Waals surface area contributed by atoms with Gasteiger partial charge in [-0.05, 0) is 12.8 Å². The zero-order chi connectivity index (χ0) is 14.9. The smallest absolute Gasteiger partial charge is 0.306 e. The highest BCUT2D eigenvalue weighted by Crippen LogP contribution is 2.34. The Hall–Kier alpha value is -2.00. The second-order valence-corrected chi connectivity index (χ2v) is 5.34. The lowest BCUT2D eigenvalue weighted by atomic mass is 9.99. The Kier molecular flexibility index (Phi) is 4.77. The first-order valence-electron chi connectivity index (χ1n) is 6.86. The normalized spacial score (nSPS) is 16.4. The number of nitro groups is 1. The molecule has 120 valence electrons. The number of hydrogen-bond acceptors (Lipinski definition) is 7. The molecule has 0 saturated heterocycles. The summed E-state index contributed by atoms with van der Waals surface area (Å²) in [5.74, 6) is 1.03. The largest absolute Gasteiger partial charge is 0.339 e. The summed E-state index contributed by atoms with van der Waals surface area (Å²) >= 11 is 0. The minimum absolute atomic E-state index is 0. The Labute approximate surface area is 132 Å². The van der Waals surface area contributed by atoms with Crippen LogP contribution in [0, 0.1) is 10.1 Å². The van der Waals surface area contributed by atoms with Crippen molar-refractivity contribution in [3.63, 3.8) is 0 Å². The molecule has 10 heteroatoms. The first-order chi connectivity index (χ1) is 10.1. The molecule has 3 rings (SSSR count). The molecular weight excluding hydrogens is 312 g/mol. The van der Waals surface area contributed by atoms with Crippen LogP contribution in [0.4, 0.5) is 5.69 Å². The zero-order valence-corrected chi connectivity index (χ0v) is 12.7. The summed E-state index contributed by atoms with van der Waals surface area (Å²) in [7, 11) is 0. The summed E-state index contributed by atoms with van der Waals surface area (Å²) in [6.45, 7) is 0.438. The van der Waals surface area contributed by atoms with Gasteiger partial charge in [-0.25, -0.2) is 0 Å². The van der Waals surface area contributed by atoms with Crippen molar-refractivity contribution in [1.29, 1.82) is 0 Å². The van der Waals surface area contributed by atoms with E-state index in [1.165, 1.54) is 17.1 Å². The van der Waals surface area contributed by atoms with Crippen molar-refractivity contribution in [3.8, 4) is 0 Å². The summed E-state index contributed by atoms with van der Waals surface area (Å²) in [5.41, 5.74) is 5.76. The van der Waals surface area contributed by atoms with Gasteiger partial charge in [-0.3, -0.25) is 14.8 Å². The number of nitrogens with two attached hydrogens (primary N) is 1. The lowest BCUT2D eigenvalue weighted by molar-refractivity contribution is -0.385. The van der Waals surface area contributed by atoms with E-state index in [1.807, 2.05) is 0 Å². The maximum atomic E-state index is 10.6. The van der Waals surface area contributed by atoms with Gasteiger partial charge in [0.25, 0.3) is 0 Å². The third-order valence-corrected chi connectivity index (χ3v) is 3.79. The molecule has 2 aromatic rings. The Bertz CT molecular complexity index is 649. The molecule has 9 nitrogen and oxygen atoms in total. The molecular formula is C12H17ClN6O3. The van der Waals surface area contributed by atoms with Gasteiger partial charge in [0, 0.05) is 13.0 Å². The Morgan fingerprint density at radius 1 is 1.45 bits per heavy atom. The van der Waals surface area contributed by atoms with Crippen molar-refractivity contribution in [1.82, 2.24) is 19.9 Å². The summed E-state index contributed by atoms with van der Waals surface area (Å²) in [6.07, 6.45) is 6.95. The number of hydrogen-bond donors (Lipinski definition) is 1. The standard InChI is InChI=1S/C12H16N6O3.ClH/c13-12(4-1-2-5-12)11-15-10(21-16-11)3-6-17-8-9(7-14-17)18(19)20;/h7-8H,1-6,13H2;1H. The maximum absolute atomic E-state index is 10.6. The van der Waals surface area contributed by atoms with Crippen LogP contribution in [0.25, 0.3) is 0 Å². The van der Waals surface area contributed by atoms with E-state index in [-0.39, 0.29) is 18.1 Å². The van der Waals surface area contributed by atoms with E-state index in [1.54, 1.807) is 0 Å². The second kappa shape index (κ2) is 6.41. The minimum Gasteiger partial charge on any atom is -0.339 e. The molecule has 2 N–H and O–H groups in total. The van der Waals surface area contributed by atoms with Gasteiger partial charge in [-0.15, -0.1) is 12.4 Å². The number of rotatable bonds is 5. The quantitative estimate of drug-likeness (QED) is 0.652. The molecule has 2 aromatic heterocycles. The maximum Gasteiger partial charge on any atom is 0.306 e. The van der Waals surface area contributed by atoms with Gasteiger partial charge < -0.3 is 10.3 Å². The van der Waals surface area contributed by atoms with Gasteiger partial charge in [0.15, 0.2) is 5.82 Å². The molecule has 0 aliphatic heterocycles. The fourth-order valence-electron chi connectivity index (χ4n) is 2.57. The van der Waals surface area contributed by atoms with Crippen LogP contribution in [-0.2, 0) is 18.5 Å². The molecule has 1 saturated carbocycles.